The zero-order valence-electron chi connectivity index (χ0n) is 29.0. The van der Waals surface area contributed by atoms with Crippen LogP contribution in [0.15, 0.2) is 40.3 Å². The molecule has 3 aliphatic rings. The first-order chi connectivity index (χ1) is 23.3. The van der Waals surface area contributed by atoms with Crippen LogP contribution in [-0.2, 0) is 35.5 Å². The molecule has 2 fully saturated rings. The van der Waals surface area contributed by atoms with Gasteiger partial charge in [-0.15, -0.1) is 0 Å². The van der Waals surface area contributed by atoms with E-state index in [0.29, 0.717) is 48.4 Å². The minimum absolute atomic E-state index is 0.00657. The maximum atomic E-state index is 13.2. The smallest absolute Gasteiger partial charge is 0.431 e. The van der Waals surface area contributed by atoms with Crippen LogP contribution in [0.3, 0.4) is 0 Å². The van der Waals surface area contributed by atoms with E-state index in [1.807, 2.05) is 13.8 Å². The van der Waals surface area contributed by atoms with Crippen molar-refractivity contribution in [2.24, 2.45) is 5.92 Å². The van der Waals surface area contributed by atoms with E-state index < -0.39 is 34.3 Å². The Hall–Kier alpha value is -3.94. The third kappa shape index (κ3) is 10.1. The number of amides is 5. The SMILES string of the molecule is CCC1=C(C)CN(C(=O)NCCc2ccc(S(=O)(=O)N(C)C(=O)NC3CCC(C(=O)CC(C)OC(=O)OC4CCCCC4)CC3)cc2)C1=O. The summed E-state index contributed by atoms with van der Waals surface area (Å²) in [7, 11) is -2.93. The average molecular weight is 703 g/mol. The van der Waals surface area contributed by atoms with E-state index in [1.54, 1.807) is 19.1 Å². The highest BCUT2D eigenvalue weighted by atomic mass is 32.2. The predicted molar refractivity (Wildman–Crippen MR) is 181 cm³/mol. The third-order valence-corrected chi connectivity index (χ3v) is 11.4. The molecule has 1 aliphatic heterocycles. The van der Waals surface area contributed by atoms with Crippen LogP contribution >= 0.6 is 0 Å². The second kappa shape index (κ2) is 17.1. The minimum atomic E-state index is -4.13. The normalized spacial score (nSPS) is 20.8. The summed E-state index contributed by atoms with van der Waals surface area (Å²) < 4.78 is 37.8. The maximum Gasteiger partial charge on any atom is 0.508 e. The van der Waals surface area contributed by atoms with Crippen molar-refractivity contribution in [3.8, 4) is 0 Å². The molecule has 0 radical (unpaired) electrons. The molecular formula is C35H50N4O9S. The van der Waals surface area contributed by atoms with Gasteiger partial charge in [-0.1, -0.05) is 25.5 Å². The lowest BCUT2D eigenvalue weighted by atomic mass is 9.82. The zero-order chi connectivity index (χ0) is 35.7. The molecule has 0 aromatic heterocycles. The highest BCUT2D eigenvalue weighted by Crippen LogP contribution is 2.28. The molecule has 49 heavy (non-hydrogen) atoms. The van der Waals surface area contributed by atoms with Gasteiger partial charge in [-0.25, -0.2) is 27.1 Å². The lowest BCUT2D eigenvalue weighted by Gasteiger charge is -2.30. The van der Waals surface area contributed by atoms with Crippen LogP contribution in [0, 0.1) is 5.92 Å². The Bertz CT molecular complexity index is 1510. The van der Waals surface area contributed by atoms with Crippen molar-refractivity contribution in [1.82, 2.24) is 19.8 Å². The van der Waals surface area contributed by atoms with Crippen molar-refractivity contribution >= 4 is 39.9 Å². The topological polar surface area (TPSA) is 168 Å². The molecule has 1 unspecified atom stereocenters. The maximum absolute atomic E-state index is 13.2. The summed E-state index contributed by atoms with van der Waals surface area (Å²) in [5, 5.41) is 5.52. The van der Waals surface area contributed by atoms with Gasteiger partial charge in [-0.05, 0) is 101 Å². The lowest BCUT2D eigenvalue weighted by molar-refractivity contribution is -0.126. The molecule has 1 aromatic carbocycles. The number of hydrogen-bond donors (Lipinski definition) is 2. The molecule has 2 N–H and O–H groups in total. The second-order valence-corrected chi connectivity index (χ2v) is 15.3. The standard InChI is InChI=1S/C35H50N4O9S/c1-5-30-23(2)22-39(32(30)41)33(42)36-20-19-25-11-17-29(18-12-25)49(45,46)38(4)34(43)37-27-15-13-26(14-16-27)31(40)21-24(3)47-35(44)48-28-9-7-6-8-10-28/h11-12,17-18,24,26-28H,5-10,13-16,19-22H2,1-4H3,(H,36,42)(H,37,43). The Balaban J connectivity index is 1.17. The van der Waals surface area contributed by atoms with Crippen LogP contribution in [-0.4, -0.2) is 85.9 Å². The van der Waals surface area contributed by atoms with Gasteiger partial charge in [-0.2, -0.15) is 0 Å². The molecule has 4 rings (SSSR count). The van der Waals surface area contributed by atoms with Crippen LogP contribution in [0.4, 0.5) is 14.4 Å². The molecule has 13 nitrogen and oxygen atoms in total. The van der Waals surface area contributed by atoms with E-state index in [1.165, 1.54) is 24.1 Å². The number of Topliss-reactive ketones (excluding diaryl/α,β-unsaturated/α-hetero) is 1. The van der Waals surface area contributed by atoms with E-state index in [0.717, 1.165) is 43.2 Å². The molecule has 0 bridgehead atoms. The minimum Gasteiger partial charge on any atom is -0.431 e. The molecule has 1 heterocycles. The molecule has 2 saturated carbocycles. The van der Waals surface area contributed by atoms with Gasteiger partial charge in [0.15, 0.2) is 0 Å². The van der Waals surface area contributed by atoms with Crippen LogP contribution < -0.4 is 10.6 Å². The van der Waals surface area contributed by atoms with Crippen molar-refractivity contribution in [3.05, 3.63) is 41.0 Å². The number of urea groups is 2. The monoisotopic (exact) mass is 702 g/mol. The Kier molecular flexibility index (Phi) is 13.2. The van der Waals surface area contributed by atoms with Crippen molar-refractivity contribution in [1.29, 1.82) is 0 Å². The first-order valence-electron chi connectivity index (χ1n) is 17.4. The fourth-order valence-corrected chi connectivity index (χ4v) is 7.77. The van der Waals surface area contributed by atoms with Crippen LogP contribution in [0.25, 0.3) is 0 Å². The summed E-state index contributed by atoms with van der Waals surface area (Å²) in [6, 6.07) is 4.57. The van der Waals surface area contributed by atoms with Gasteiger partial charge < -0.3 is 20.1 Å². The molecule has 1 aromatic rings. The van der Waals surface area contributed by atoms with Crippen LogP contribution in [0.2, 0.25) is 0 Å². The number of carbonyl (C=O) groups is 5. The van der Waals surface area contributed by atoms with Crippen LogP contribution in [0.1, 0.15) is 97.0 Å². The summed E-state index contributed by atoms with van der Waals surface area (Å²) in [5.74, 6) is -0.503. The Morgan fingerprint density at radius 2 is 1.65 bits per heavy atom. The number of nitrogens with one attached hydrogen (secondary N) is 2. The highest BCUT2D eigenvalue weighted by Gasteiger charge is 2.33. The second-order valence-electron chi connectivity index (χ2n) is 13.3. The predicted octanol–water partition coefficient (Wildman–Crippen LogP) is 5.23. The average Bonchev–Trinajstić information content (AvgIpc) is 3.37. The molecule has 5 amide bonds. The van der Waals surface area contributed by atoms with E-state index in [9.17, 15) is 32.4 Å². The Morgan fingerprint density at radius 1 is 1.00 bits per heavy atom. The summed E-state index contributed by atoms with van der Waals surface area (Å²) in [4.78, 5) is 64.0. The van der Waals surface area contributed by atoms with Crippen molar-refractivity contribution < 1.29 is 41.9 Å². The van der Waals surface area contributed by atoms with Gasteiger partial charge in [0, 0.05) is 37.5 Å². The zero-order valence-corrected chi connectivity index (χ0v) is 29.8. The summed E-state index contributed by atoms with van der Waals surface area (Å²) in [6.45, 7) is 5.93. The van der Waals surface area contributed by atoms with Crippen LogP contribution in [0.5, 0.6) is 0 Å². The highest BCUT2D eigenvalue weighted by molar-refractivity contribution is 7.89. The first-order valence-corrected chi connectivity index (χ1v) is 18.8. The van der Waals surface area contributed by atoms with Gasteiger partial charge in [0.05, 0.1) is 11.4 Å². The van der Waals surface area contributed by atoms with Gasteiger partial charge in [-0.3, -0.25) is 14.5 Å². The molecule has 0 saturated heterocycles. The van der Waals surface area contributed by atoms with E-state index >= 15 is 0 Å². The van der Waals surface area contributed by atoms with E-state index in [-0.39, 0.29) is 54.2 Å². The van der Waals surface area contributed by atoms with E-state index in [2.05, 4.69) is 10.6 Å². The molecule has 270 valence electrons. The number of imide groups is 1. The molecule has 2 aliphatic carbocycles. The third-order valence-electron chi connectivity index (χ3n) is 9.68. The van der Waals surface area contributed by atoms with E-state index in [4.69, 9.17) is 9.47 Å². The van der Waals surface area contributed by atoms with Gasteiger partial charge in [0.25, 0.3) is 15.9 Å². The number of hydrogen-bond acceptors (Lipinski definition) is 9. The molecular weight excluding hydrogens is 652 g/mol. The fourth-order valence-electron chi connectivity index (χ4n) is 6.70. The number of ketones is 1. The number of ether oxygens (including phenoxy) is 2. The quantitative estimate of drug-likeness (QED) is 0.277. The number of carbonyl (C=O) groups excluding carboxylic acids is 5. The largest absolute Gasteiger partial charge is 0.508 e. The summed E-state index contributed by atoms with van der Waals surface area (Å²) >= 11 is 0. The first kappa shape index (κ1) is 37.9. The Morgan fingerprint density at radius 3 is 2.27 bits per heavy atom. The Labute approximate surface area is 289 Å². The van der Waals surface area contributed by atoms with Crippen molar-refractivity contribution in [3.63, 3.8) is 0 Å². The van der Waals surface area contributed by atoms with Gasteiger partial charge in [0.2, 0.25) is 0 Å². The van der Waals surface area contributed by atoms with Gasteiger partial charge >= 0.3 is 18.2 Å². The van der Waals surface area contributed by atoms with Gasteiger partial charge in [0.1, 0.15) is 18.0 Å². The number of nitrogens with zero attached hydrogens (tertiary/aromatic N) is 2. The lowest BCUT2D eigenvalue weighted by Crippen LogP contribution is -2.47. The molecule has 0 spiro atoms. The van der Waals surface area contributed by atoms with Crippen molar-refractivity contribution in [2.45, 2.75) is 121 Å². The van der Waals surface area contributed by atoms with Crippen molar-refractivity contribution in [2.75, 3.05) is 20.1 Å². The molecule has 1 atom stereocenters. The fraction of sp³-hybridized carbons (Fsp3) is 0.629. The summed E-state index contributed by atoms with van der Waals surface area (Å²) in [5.41, 5.74) is 2.32. The summed E-state index contributed by atoms with van der Waals surface area (Å²) in [6.07, 6.45) is 6.61. The number of benzene rings is 1. The molecule has 14 heteroatoms. The number of rotatable bonds is 12. The number of sulfonamides is 1.